The Morgan fingerprint density at radius 1 is 0.810 bits per heavy atom. The largest absolute Gasteiger partial charge is 0.456 e. The minimum atomic E-state index is -1.03. The van der Waals surface area contributed by atoms with Gasteiger partial charge < -0.3 is 23.7 Å². The van der Waals surface area contributed by atoms with Crippen LogP contribution in [0.3, 0.4) is 0 Å². The number of carbonyl (C=O) groups is 3. The molecule has 1 heterocycles. The molecule has 1 rings (SSSR count). The topological polar surface area (TPSA) is 97.4 Å². The number of carbonyl (C=O) groups excluding carboxylic acids is 3. The summed E-state index contributed by atoms with van der Waals surface area (Å²) in [7, 11) is 1.37. The molecule has 0 radical (unpaired) electrons. The Hall–Kier alpha value is -1.67. The number of hydrogen-bond donors (Lipinski definition) is 0. The first-order valence-corrected chi connectivity index (χ1v) is 6.46. The maximum atomic E-state index is 11.3. The lowest BCUT2D eigenvalue weighted by atomic mass is 9.99. The highest BCUT2D eigenvalue weighted by atomic mass is 16.7. The van der Waals surface area contributed by atoms with E-state index >= 15 is 0 Å². The van der Waals surface area contributed by atoms with Gasteiger partial charge in [0.25, 0.3) is 0 Å². The molecule has 8 nitrogen and oxygen atoms in total. The van der Waals surface area contributed by atoms with Crippen LogP contribution in [0.15, 0.2) is 0 Å². The van der Waals surface area contributed by atoms with Gasteiger partial charge in [0, 0.05) is 27.9 Å². The van der Waals surface area contributed by atoms with Crippen LogP contribution < -0.4 is 0 Å². The minimum absolute atomic E-state index is 0.565. The summed E-state index contributed by atoms with van der Waals surface area (Å²) in [4.78, 5) is 33.7. The Kier molecular flexibility index (Phi) is 6.10. The first kappa shape index (κ1) is 17.4. The predicted octanol–water partition coefficient (Wildman–Crippen LogP) is 0.173. The van der Waals surface area contributed by atoms with Gasteiger partial charge in [-0.3, -0.25) is 14.4 Å². The molecule has 120 valence electrons. The fraction of sp³-hybridized carbons (Fsp3) is 0.769. The molecule has 0 bridgehead atoms. The molecule has 0 unspecified atom stereocenters. The second-order valence-electron chi connectivity index (χ2n) is 4.67. The van der Waals surface area contributed by atoms with E-state index in [4.69, 9.17) is 23.7 Å². The first-order valence-electron chi connectivity index (χ1n) is 6.46. The van der Waals surface area contributed by atoms with Crippen molar-refractivity contribution in [2.45, 2.75) is 58.4 Å². The zero-order valence-electron chi connectivity index (χ0n) is 12.7. The Morgan fingerprint density at radius 3 is 1.67 bits per heavy atom. The quantitative estimate of drug-likeness (QED) is 0.535. The second-order valence-corrected chi connectivity index (χ2v) is 4.67. The Labute approximate surface area is 122 Å². The maximum Gasteiger partial charge on any atom is 0.303 e. The van der Waals surface area contributed by atoms with Crippen LogP contribution in [0.5, 0.6) is 0 Å². The summed E-state index contributed by atoms with van der Waals surface area (Å²) >= 11 is 0. The SMILES string of the molecule is CO[C@H]1O[C@@H](C)[C@@H](OC(C)=O)[C@H](OC(C)=O)[C@H]1OC(C)=O. The minimum Gasteiger partial charge on any atom is -0.456 e. The molecule has 0 spiro atoms. The van der Waals surface area contributed by atoms with Crippen LogP contribution in [-0.2, 0) is 38.1 Å². The molecule has 21 heavy (non-hydrogen) atoms. The van der Waals surface area contributed by atoms with E-state index in [0.29, 0.717) is 0 Å². The molecule has 0 aromatic carbocycles. The standard InChI is InChI=1S/C13H20O8/c1-6-10(19-7(2)14)11(20-8(3)15)12(21-9(4)16)13(17-5)18-6/h6,10-13H,1-5H3/t6-,10+,11-,12+,13-/m0/s1. The second kappa shape index (κ2) is 7.37. The number of ether oxygens (including phenoxy) is 5. The van der Waals surface area contributed by atoms with Crippen molar-refractivity contribution in [2.24, 2.45) is 0 Å². The highest BCUT2D eigenvalue weighted by Crippen LogP contribution is 2.28. The molecule has 1 saturated heterocycles. The van der Waals surface area contributed by atoms with Gasteiger partial charge in [-0.1, -0.05) is 0 Å². The van der Waals surface area contributed by atoms with E-state index < -0.39 is 48.6 Å². The van der Waals surface area contributed by atoms with Crippen LogP contribution in [0.4, 0.5) is 0 Å². The number of esters is 3. The summed E-state index contributed by atoms with van der Waals surface area (Å²) in [6.07, 6.45) is -4.47. The maximum absolute atomic E-state index is 11.3. The third-order valence-electron chi connectivity index (χ3n) is 2.87. The van der Waals surface area contributed by atoms with Gasteiger partial charge in [0.05, 0.1) is 6.10 Å². The molecule has 0 aromatic rings. The summed E-state index contributed by atoms with van der Waals surface area (Å²) in [5.41, 5.74) is 0. The molecule has 0 saturated carbocycles. The van der Waals surface area contributed by atoms with E-state index in [1.54, 1.807) is 6.92 Å². The smallest absolute Gasteiger partial charge is 0.303 e. The highest BCUT2D eigenvalue weighted by Gasteiger charge is 2.50. The first-order chi connectivity index (χ1) is 9.76. The van der Waals surface area contributed by atoms with Crippen LogP contribution in [0.2, 0.25) is 0 Å². The van der Waals surface area contributed by atoms with E-state index in [2.05, 4.69) is 0 Å². The van der Waals surface area contributed by atoms with Gasteiger partial charge in [-0.2, -0.15) is 0 Å². The summed E-state index contributed by atoms with van der Waals surface area (Å²) in [6.45, 7) is 5.27. The van der Waals surface area contributed by atoms with Gasteiger partial charge >= 0.3 is 17.9 Å². The zero-order chi connectivity index (χ0) is 16.2. The van der Waals surface area contributed by atoms with Crippen molar-refractivity contribution in [1.29, 1.82) is 0 Å². The molecular formula is C13H20O8. The Balaban J connectivity index is 3.08. The van der Waals surface area contributed by atoms with Crippen molar-refractivity contribution in [3.63, 3.8) is 0 Å². The van der Waals surface area contributed by atoms with Crippen LogP contribution in [0, 0.1) is 0 Å². The zero-order valence-corrected chi connectivity index (χ0v) is 12.7. The third-order valence-corrected chi connectivity index (χ3v) is 2.87. The van der Waals surface area contributed by atoms with Crippen LogP contribution >= 0.6 is 0 Å². The number of hydrogen-bond acceptors (Lipinski definition) is 8. The number of rotatable bonds is 4. The molecule has 0 N–H and O–H groups in total. The lowest BCUT2D eigenvalue weighted by Gasteiger charge is -2.42. The van der Waals surface area contributed by atoms with E-state index in [-0.39, 0.29) is 0 Å². The Morgan fingerprint density at radius 2 is 1.24 bits per heavy atom. The lowest BCUT2D eigenvalue weighted by Crippen LogP contribution is -2.60. The Bertz CT molecular complexity index is 407. The van der Waals surface area contributed by atoms with Gasteiger partial charge in [0.15, 0.2) is 24.6 Å². The van der Waals surface area contributed by atoms with Crippen molar-refractivity contribution >= 4 is 17.9 Å². The molecule has 0 aliphatic carbocycles. The molecule has 5 atom stereocenters. The molecule has 1 aliphatic heterocycles. The number of methoxy groups -OCH3 is 1. The average Bonchev–Trinajstić information content (AvgIpc) is 2.35. The highest BCUT2D eigenvalue weighted by molar-refractivity contribution is 5.68. The molecule has 0 aromatic heterocycles. The predicted molar refractivity (Wildman–Crippen MR) is 68.0 cm³/mol. The molecule has 1 aliphatic rings. The van der Waals surface area contributed by atoms with E-state index in [0.717, 1.165) is 0 Å². The normalized spacial score (nSPS) is 32.1. The summed E-state index contributed by atoms with van der Waals surface area (Å²) in [5.74, 6) is -1.76. The van der Waals surface area contributed by atoms with E-state index in [1.807, 2.05) is 0 Å². The van der Waals surface area contributed by atoms with Gasteiger partial charge in [-0.15, -0.1) is 0 Å². The van der Waals surface area contributed by atoms with Crippen molar-refractivity contribution in [3.05, 3.63) is 0 Å². The van der Waals surface area contributed by atoms with E-state index in [9.17, 15) is 14.4 Å². The van der Waals surface area contributed by atoms with Gasteiger partial charge in [0.1, 0.15) is 0 Å². The summed E-state index contributed by atoms with van der Waals surface area (Å²) < 4.78 is 26.0. The van der Waals surface area contributed by atoms with Crippen LogP contribution in [-0.4, -0.2) is 55.7 Å². The fourth-order valence-corrected chi connectivity index (χ4v) is 2.16. The van der Waals surface area contributed by atoms with Crippen molar-refractivity contribution in [3.8, 4) is 0 Å². The third kappa shape index (κ3) is 4.68. The summed E-state index contributed by atoms with van der Waals surface area (Å²) in [5, 5.41) is 0. The van der Waals surface area contributed by atoms with Gasteiger partial charge in [0.2, 0.25) is 0 Å². The average molecular weight is 304 g/mol. The molecular weight excluding hydrogens is 284 g/mol. The van der Waals surface area contributed by atoms with Crippen molar-refractivity contribution < 1.29 is 38.1 Å². The molecule has 0 amide bonds. The lowest BCUT2D eigenvalue weighted by molar-refractivity contribution is -0.294. The molecule has 8 heteroatoms. The van der Waals surface area contributed by atoms with Crippen LogP contribution in [0.25, 0.3) is 0 Å². The monoisotopic (exact) mass is 304 g/mol. The fourth-order valence-electron chi connectivity index (χ4n) is 2.16. The summed E-state index contributed by atoms with van der Waals surface area (Å²) in [6, 6.07) is 0. The van der Waals surface area contributed by atoms with Crippen LogP contribution in [0.1, 0.15) is 27.7 Å². The van der Waals surface area contributed by atoms with Gasteiger partial charge in [-0.05, 0) is 6.92 Å². The van der Waals surface area contributed by atoms with Crippen molar-refractivity contribution in [1.82, 2.24) is 0 Å². The molecule has 1 fully saturated rings. The van der Waals surface area contributed by atoms with Gasteiger partial charge in [-0.25, -0.2) is 0 Å². The van der Waals surface area contributed by atoms with Crippen molar-refractivity contribution in [2.75, 3.05) is 7.11 Å². The van der Waals surface area contributed by atoms with E-state index in [1.165, 1.54) is 27.9 Å².